The molecule has 0 aliphatic carbocycles. The predicted octanol–water partition coefficient (Wildman–Crippen LogP) is 2.62. The molecule has 0 radical (unpaired) electrons. The van der Waals surface area contributed by atoms with Gasteiger partial charge >= 0.3 is 0 Å². The lowest BCUT2D eigenvalue weighted by atomic mass is 10.1. The van der Waals surface area contributed by atoms with Gasteiger partial charge in [-0.2, -0.15) is 0 Å². The van der Waals surface area contributed by atoms with E-state index >= 15 is 0 Å². The molecule has 168 valence electrons. The van der Waals surface area contributed by atoms with Gasteiger partial charge in [0.2, 0.25) is 21.8 Å². The third kappa shape index (κ3) is 6.30. The van der Waals surface area contributed by atoms with Crippen molar-refractivity contribution in [3.63, 3.8) is 0 Å². The van der Waals surface area contributed by atoms with E-state index in [1.54, 1.807) is 6.07 Å². The van der Waals surface area contributed by atoms with Crippen molar-refractivity contribution in [2.75, 3.05) is 24.2 Å². The van der Waals surface area contributed by atoms with Crippen LogP contribution in [0.15, 0.2) is 48.5 Å². The first-order valence-corrected chi connectivity index (χ1v) is 12.0. The third-order valence-corrected chi connectivity index (χ3v) is 6.25. The molecule has 7 nitrogen and oxygen atoms in total. The van der Waals surface area contributed by atoms with Gasteiger partial charge in [-0.3, -0.25) is 13.9 Å². The Bertz CT molecular complexity index is 1020. The maximum Gasteiger partial charge on any atom is 0.244 e. The molecule has 2 rings (SSSR count). The molecule has 2 aromatic carbocycles. The van der Waals surface area contributed by atoms with E-state index in [2.05, 4.69) is 5.32 Å². The molecule has 0 bridgehead atoms. The van der Waals surface area contributed by atoms with Crippen LogP contribution < -0.4 is 9.62 Å². The lowest BCUT2D eigenvalue weighted by Crippen LogP contribution is -2.51. The number of hydrogen-bond donors (Lipinski definition) is 1. The molecule has 0 aromatic heterocycles. The van der Waals surface area contributed by atoms with Crippen LogP contribution in [0.2, 0.25) is 0 Å². The second-order valence-electron chi connectivity index (χ2n) is 7.61. The van der Waals surface area contributed by atoms with Crippen LogP contribution in [0.25, 0.3) is 0 Å². The fourth-order valence-electron chi connectivity index (χ4n) is 3.55. The van der Waals surface area contributed by atoms with E-state index in [-0.39, 0.29) is 19.0 Å². The molecular formula is C23H31N3O4S. The molecule has 0 spiro atoms. The Labute approximate surface area is 185 Å². The summed E-state index contributed by atoms with van der Waals surface area (Å²) >= 11 is 0. The van der Waals surface area contributed by atoms with Gasteiger partial charge in [-0.15, -0.1) is 0 Å². The van der Waals surface area contributed by atoms with Crippen molar-refractivity contribution in [3.05, 3.63) is 65.2 Å². The second kappa shape index (κ2) is 10.4. The SMILES string of the molecule is CC[C@@H](C(=O)NC)N(Cc1ccccc1)C(=O)CN(c1ccc(C)cc1C)S(C)(=O)=O. The second-order valence-corrected chi connectivity index (χ2v) is 9.51. The van der Waals surface area contributed by atoms with E-state index in [1.807, 2.05) is 63.2 Å². The van der Waals surface area contributed by atoms with Gasteiger partial charge in [-0.1, -0.05) is 55.0 Å². The standard InChI is InChI=1S/C23H31N3O4S/c1-6-20(23(28)24-4)25(15-19-10-8-7-9-11-19)22(27)16-26(31(5,29)30)21-13-12-17(2)14-18(21)3/h7-14,20H,6,15-16H2,1-5H3,(H,24,28)/t20-/m0/s1. The highest BCUT2D eigenvalue weighted by molar-refractivity contribution is 7.92. The first-order valence-electron chi connectivity index (χ1n) is 10.2. The Kier molecular flexibility index (Phi) is 8.21. The monoisotopic (exact) mass is 445 g/mol. The lowest BCUT2D eigenvalue weighted by Gasteiger charge is -2.33. The normalized spacial score (nSPS) is 12.2. The number of carbonyl (C=O) groups is 2. The van der Waals surface area contributed by atoms with Gasteiger partial charge in [0.25, 0.3) is 0 Å². The summed E-state index contributed by atoms with van der Waals surface area (Å²) in [6.07, 6.45) is 1.48. The molecule has 2 amide bonds. The Morgan fingerprint density at radius 2 is 1.71 bits per heavy atom. The van der Waals surface area contributed by atoms with Crippen molar-refractivity contribution in [1.29, 1.82) is 0 Å². The molecule has 0 unspecified atom stereocenters. The number of nitrogens with zero attached hydrogens (tertiary/aromatic N) is 2. The molecule has 0 aliphatic rings. The van der Waals surface area contributed by atoms with E-state index in [4.69, 9.17) is 0 Å². The van der Waals surface area contributed by atoms with Crippen molar-refractivity contribution in [2.24, 2.45) is 0 Å². The Morgan fingerprint density at radius 3 is 2.23 bits per heavy atom. The predicted molar refractivity (Wildman–Crippen MR) is 123 cm³/mol. The van der Waals surface area contributed by atoms with Crippen LogP contribution in [0, 0.1) is 13.8 Å². The van der Waals surface area contributed by atoms with Crippen molar-refractivity contribution < 1.29 is 18.0 Å². The molecule has 0 saturated heterocycles. The van der Waals surface area contributed by atoms with Crippen molar-refractivity contribution >= 4 is 27.5 Å². The number of amides is 2. The van der Waals surface area contributed by atoms with E-state index in [0.717, 1.165) is 27.3 Å². The van der Waals surface area contributed by atoms with Gasteiger partial charge in [-0.05, 0) is 37.5 Å². The first-order chi connectivity index (χ1) is 14.6. The summed E-state index contributed by atoms with van der Waals surface area (Å²) in [5, 5.41) is 2.60. The van der Waals surface area contributed by atoms with E-state index in [0.29, 0.717) is 12.1 Å². The zero-order valence-corrected chi connectivity index (χ0v) is 19.6. The lowest BCUT2D eigenvalue weighted by molar-refractivity contribution is -0.140. The van der Waals surface area contributed by atoms with Crippen LogP contribution in [0.5, 0.6) is 0 Å². The molecule has 8 heteroatoms. The number of carbonyl (C=O) groups excluding carboxylic acids is 2. The van der Waals surface area contributed by atoms with Gasteiger partial charge in [0.15, 0.2) is 0 Å². The highest BCUT2D eigenvalue weighted by atomic mass is 32.2. The van der Waals surface area contributed by atoms with E-state index < -0.39 is 22.0 Å². The molecule has 0 fully saturated rings. The summed E-state index contributed by atoms with van der Waals surface area (Å²) in [7, 11) is -2.21. The highest BCUT2D eigenvalue weighted by Gasteiger charge is 2.31. The average molecular weight is 446 g/mol. The number of anilines is 1. The van der Waals surface area contributed by atoms with Crippen LogP contribution in [-0.4, -0.2) is 51.0 Å². The van der Waals surface area contributed by atoms with Crippen molar-refractivity contribution in [3.8, 4) is 0 Å². The molecule has 2 aromatic rings. The van der Waals surface area contributed by atoms with Crippen LogP contribution in [0.4, 0.5) is 5.69 Å². The minimum Gasteiger partial charge on any atom is -0.357 e. The molecule has 1 atom stereocenters. The Hall–Kier alpha value is -2.87. The molecule has 1 N–H and O–H groups in total. The summed E-state index contributed by atoms with van der Waals surface area (Å²) in [5.74, 6) is -0.728. The summed E-state index contributed by atoms with van der Waals surface area (Å²) in [6, 6.07) is 14.0. The minimum absolute atomic E-state index is 0.204. The summed E-state index contributed by atoms with van der Waals surface area (Å²) in [6.45, 7) is 5.37. The molecule has 0 aliphatic heterocycles. The van der Waals surface area contributed by atoms with Gasteiger partial charge < -0.3 is 10.2 Å². The quantitative estimate of drug-likeness (QED) is 0.643. The highest BCUT2D eigenvalue weighted by Crippen LogP contribution is 2.24. The van der Waals surface area contributed by atoms with E-state index in [9.17, 15) is 18.0 Å². The van der Waals surface area contributed by atoms with Gasteiger partial charge in [0, 0.05) is 13.6 Å². The number of benzene rings is 2. The average Bonchev–Trinajstić information content (AvgIpc) is 2.72. The number of hydrogen-bond acceptors (Lipinski definition) is 4. The minimum atomic E-state index is -3.73. The maximum atomic E-state index is 13.4. The summed E-state index contributed by atoms with van der Waals surface area (Å²) in [5.41, 5.74) is 3.06. The van der Waals surface area contributed by atoms with Crippen LogP contribution >= 0.6 is 0 Å². The fourth-order valence-corrected chi connectivity index (χ4v) is 4.45. The van der Waals surface area contributed by atoms with Gasteiger partial charge in [0.1, 0.15) is 12.6 Å². The van der Waals surface area contributed by atoms with Crippen molar-refractivity contribution in [2.45, 2.75) is 39.8 Å². The van der Waals surface area contributed by atoms with Gasteiger partial charge in [-0.25, -0.2) is 8.42 Å². The largest absolute Gasteiger partial charge is 0.357 e. The number of likely N-dealkylation sites (N-methyl/N-ethyl adjacent to an activating group) is 1. The number of aryl methyl sites for hydroxylation is 2. The van der Waals surface area contributed by atoms with E-state index in [1.165, 1.54) is 11.9 Å². The smallest absolute Gasteiger partial charge is 0.244 e. The fraction of sp³-hybridized carbons (Fsp3) is 0.391. The van der Waals surface area contributed by atoms with Gasteiger partial charge in [0.05, 0.1) is 11.9 Å². The number of nitrogens with one attached hydrogen (secondary N) is 1. The Morgan fingerprint density at radius 1 is 1.06 bits per heavy atom. The summed E-state index contributed by atoms with van der Waals surface area (Å²) in [4.78, 5) is 27.4. The van der Waals surface area contributed by atoms with Crippen LogP contribution in [-0.2, 0) is 26.2 Å². The molecule has 0 heterocycles. The van der Waals surface area contributed by atoms with Crippen LogP contribution in [0.1, 0.15) is 30.0 Å². The summed E-state index contributed by atoms with van der Waals surface area (Å²) < 4.78 is 26.3. The third-order valence-electron chi connectivity index (χ3n) is 5.13. The number of rotatable bonds is 9. The van der Waals surface area contributed by atoms with Crippen LogP contribution in [0.3, 0.4) is 0 Å². The maximum absolute atomic E-state index is 13.4. The first kappa shape index (κ1) is 24.4. The molecule has 0 saturated carbocycles. The molecule has 31 heavy (non-hydrogen) atoms. The Balaban J connectivity index is 2.44. The zero-order chi connectivity index (χ0) is 23.2. The molecular weight excluding hydrogens is 414 g/mol. The number of sulfonamides is 1. The van der Waals surface area contributed by atoms with Crippen molar-refractivity contribution in [1.82, 2.24) is 10.2 Å². The topological polar surface area (TPSA) is 86.8 Å². The zero-order valence-electron chi connectivity index (χ0n) is 18.8.